The van der Waals surface area contributed by atoms with E-state index >= 15 is 0 Å². The van der Waals surface area contributed by atoms with E-state index in [2.05, 4.69) is 5.32 Å². The predicted octanol–water partition coefficient (Wildman–Crippen LogP) is 1.85. The lowest BCUT2D eigenvalue weighted by Gasteiger charge is -2.35. The summed E-state index contributed by atoms with van der Waals surface area (Å²) in [5.74, 6) is -0.623. The van der Waals surface area contributed by atoms with Crippen LogP contribution < -0.4 is 5.32 Å². The first-order chi connectivity index (χ1) is 8.80. The molecule has 0 spiro atoms. The maximum atomic E-state index is 13.1. The van der Waals surface area contributed by atoms with Crippen molar-refractivity contribution in [2.75, 3.05) is 13.1 Å². The molecule has 1 fully saturated rings. The number of hydrogen-bond acceptors (Lipinski definition) is 3. The topological polar surface area (TPSA) is 49.4 Å². The van der Waals surface area contributed by atoms with Crippen molar-refractivity contribution in [2.24, 2.45) is 0 Å². The highest BCUT2D eigenvalue weighted by molar-refractivity contribution is 7.89. The van der Waals surface area contributed by atoms with Gasteiger partial charge < -0.3 is 5.32 Å². The summed E-state index contributed by atoms with van der Waals surface area (Å²) in [6, 6.07) is 3.63. The summed E-state index contributed by atoms with van der Waals surface area (Å²) < 4.78 is 39.4. The minimum atomic E-state index is -3.62. The summed E-state index contributed by atoms with van der Waals surface area (Å²) in [4.78, 5) is 0.0280. The first-order valence-electron chi connectivity index (χ1n) is 6.02. The van der Waals surface area contributed by atoms with Crippen molar-refractivity contribution in [1.29, 1.82) is 0 Å². The number of sulfonamides is 1. The van der Waals surface area contributed by atoms with E-state index in [1.165, 1.54) is 10.4 Å². The van der Waals surface area contributed by atoms with E-state index in [9.17, 15) is 12.8 Å². The lowest BCUT2D eigenvalue weighted by atomic mass is 10.2. The Morgan fingerprint density at radius 1 is 1.32 bits per heavy atom. The van der Waals surface area contributed by atoms with E-state index in [4.69, 9.17) is 11.6 Å². The summed E-state index contributed by atoms with van der Waals surface area (Å²) in [6.07, 6.45) is 0. The second-order valence-electron chi connectivity index (χ2n) is 4.87. The molecule has 1 aliphatic heterocycles. The molecule has 0 amide bonds. The van der Waals surface area contributed by atoms with Gasteiger partial charge in [-0.05, 0) is 32.0 Å². The van der Waals surface area contributed by atoms with Crippen LogP contribution in [0.3, 0.4) is 0 Å². The number of hydrogen-bond donors (Lipinski definition) is 1. The minimum absolute atomic E-state index is 0.0280. The van der Waals surface area contributed by atoms with E-state index in [1.54, 1.807) is 0 Å². The Kier molecular flexibility index (Phi) is 4.15. The van der Waals surface area contributed by atoms with E-state index in [1.807, 2.05) is 13.8 Å². The van der Waals surface area contributed by atoms with Crippen LogP contribution >= 0.6 is 11.6 Å². The van der Waals surface area contributed by atoms with Gasteiger partial charge >= 0.3 is 0 Å². The zero-order chi connectivity index (χ0) is 14.2. The lowest BCUT2D eigenvalue weighted by Crippen LogP contribution is -2.55. The van der Waals surface area contributed by atoms with Crippen molar-refractivity contribution in [1.82, 2.24) is 9.62 Å². The largest absolute Gasteiger partial charge is 0.309 e. The number of benzene rings is 1. The molecule has 7 heteroatoms. The Bertz CT molecular complexity index is 569. The first-order valence-corrected chi connectivity index (χ1v) is 7.84. The highest BCUT2D eigenvalue weighted by Gasteiger charge is 2.31. The van der Waals surface area contributed by atoms with Gasteiger partial charge in [0.05, 0.1) is 9.92 Å². The highest BCUT2D eigenvalue weighted by Crippen LogP contribution is 2.23. The van der Waals surface area contributed by atoms with Gasteiger partial charge in [-0.3, -0.25) is 0 Å². The van der Waals surface area contributed by atoms with E-state index in [0.29, 0.717) is 13.1 Å². The molecule has 4 nitrogen and oxygen atoms in total. The van der Waals surface area contributed by atoms with Crippen molar-refractivity contribution in [3.05, 3.63) is 29.0 Å². The summed E-state index contributed by atoms with van der Waals surface area (Å²) in [7, 11) is -3.62. The normalized spacial score (nSPS) is 25.5. The molecule has 0 bridgehead atoms. The zero-order valence-corrected chi connectivity index (χ0v) is 12.3. The molecule has 1 saturated heterocycles. The molecule has 0 radical (unpaired) electrons. The Morgan fingerprint density at radius 3 is 2.42 bits per heavy atom. The van der Waals surface area contributed by atoms with Gasteiger partial charge in [0.2, 0.25) is 10.0 Å². The summed E-state index contributed by atoms with van der Waals surface area (Å²) in [5, 5.41) is 3.08. The molecular formula is C12H16ClFN2O2S. The van der Waals surface area contributed by atoms with Crippen LogP contribution in [0.25, 0.3) is 0 Å². The monoisotopic (exact) mass is 306 g/mol. The molecule has 2 rings (SSSR count). The zero-order valence-electron chi connectivity index (χ0n) is 10.7. The van der Waals surface area contributed by atoms with Crippen LogP contribution in [0.1, 0.15) is 13.8 Å². The third-order valence-electron chi connectivity index (χ3n) is 3.05. The average Bonchev–Trinajstić information content (AvgIpc) is 2.31. The molecule has 19 heavy (non-hydrogen) atoms. The van der Waals surface area contributed by atoms with Gasteiger partial charge in [-0.2, -0.15) is 4.31 Å². The quantitative estimate of drug-likeness (QED) is 0.907. The minimum Gasteiger partial charge on any atom is -0.309 e. The molecule has 1 aliphatic rings. The van der Waals surface area contributed by atoms with Crippen molar-refractivity contribution in [3.8, 4) is 0 Å². The SMILES string of the molecule is CC1CN(S(=O)(=O)c2ccc(F)c(Cl)c2)CC(C)N1. The Morgan fingerprint density at radius 2 is 1.89 bits per heavy atom. The molecule has 0 saturated carbocycles. The molecule has 1 aromatic carbocycles. The van der Waals surface area contributed by atoms with Crippen LogP contribution in [0.4, 0.5) is 4.39 Å². The van der Waals surface area contributed by atoms with Gasteiger partial charge in [-0.25, -0.2) is 12.8 Å². The summed E-state index contributed by atoms with van der Waals surface area (Å²) in [6.45, 7) is 4.63. The Hall–Kier alpha value is -0.690. The fraction of sp³-hybridized carbons (Fsp3) is 0.500. The number of rotatable bonds is 2. The van der Waals surface area contributed by atoms with Gasteiger partial charge in [0.15, 0.2) is 0 Å². The van der Waals surface area contributed by atoms with Crippen LogP contribution in [0.5, 0.6) is 0 Å². The summed E-state index contributed by atoms with van der Waals surface area (Å²) >= 11 is 5.65. The standard InChI is InChI=1S/C12H16ClFN2O2S/c1-8-6-16(7-9(2)15-8)19(17,18)10-3-4-12(14)11(13)5-10/h3-5,8-9,15H,6-7H2,1-2H3. The number of piperazine rings is 1. The van der Waals surface area contributed by atoms with Gasteiger partial charge in [0.1, 0.15) is 5.82 Å². The molecule has 1 N–H and O–H groups in total. The fourth-order valence-corrected chi connectivity index (χ4v) is 4.15. The van der Waals surface area contributed by atoms with Crippen molar-refractivity contribution >= 4 is 21.6 Å². The fourth-order valence-electron chi connectivity index (χ4n) is 2.26. The Labute approximate surface area is 117 Å². The second kappa shape index (κ2) is 5.36. The average molecular weight is 307 g/mol. The molecule has 0 aromatic heterocycles. The van der Waals surface area contributed by atoms with Crippen LogP contribution in [0.2, 0.25) is 5.02 Å². The van der Waals surface area contributed by atoms with Crippen LogP contribution in [0.15, 0.2) is 23.1 Å². The Balaban J connectivity index is 2.33. The third-order valence-corrected chi connectivity index (χ3v) is 5.17. The van der Waals surface area contributed by atoms with E-state index in [-0.39, 0.29) is 22.0 Å². The van der Waals surface area contributed by atoms with Crippen LogP contribution in [0, 0.1) is 5.82 Å². The van der Waals surface area contributed by atoms with Crippen molar-refractivity contribution in [3.63, 3.8) is 0 Å². The molecule has 1 aromatic rings. The molecule has 1 heterocycles. The van der Waals surface area contributed by atoms with Crippen molar-refractivity contribution < 1.29 is 12.8 Å². The number of nitrogens with one attached hydrogen (secondary N) is 1. The van der Waals surface area contributed by atoms with E-state index < -0.39 is 15.8 Å². The molecule has 2 atom stereocenters. The molecule has 106 valence electrons. The van der Waals surface area contributed by atoms with Crippen LogP contribution in [-0.2, 0) is 10.0 Å². The third kappa shape index (κ3) is 3.08. The van der Waals surface area contributed by atoms with Gasteiger partial charge in [-0.15, -0.1) is 0 Å². The van der Waals surface area contributed by atoms with Crippen molar-refractivity contribution in [2.45, 2.75) is 30.8 Å². The van der Waals surface area contributed by atoms with Gasteiger partial charge in [-0.1, -0.05) is 11.6 Å². The molecule has 2 unspecified atom stereocenters. The maximum Gasteiger partial charge on any atom is 0.243 e. The smallest absolute Gasteiger partial charge is 0.243 e. The second-order valence-corrected chi connectivity index (χ2v) is 7.21. The first kappa shape index (κ1) is 14.7. The molecule has 0 aliphatic carbocycles. The van der Waals surface area contributed by atoms with Gasteiger partial charge in [0.25, 0.3) is 0 Å². The number of halogens is 2. The summed E-state index contributed by atoms with van der Waals surface area (Å²) in [5.41, 5.74) is 0. The predicted molar refractivity (Wildman–Crippen MR) is 72.2 cm³/mol. The number of nitrogens with zero attached hydrogens (tertiary/aromatic N) is 1. The lowest BCUT2D eigenvalue weighted by molar-refractivity contribution is 0.263. The van der Waals surface area contributed by atoms with Gasteiger partial charge in [0, 0.05) is 25.2 Å². The maximum absolute atomic E-state index is 13.1. The van der Waals surface area contributed by atoms with Crippen LogP contribution in [-0.4, -0.2) is 37.9 Å². The molecular weight excluding hydrogens is 291 g/mol. The highest BCUT2D eigenvalue weighted by atomic mass is 35.5. The van der Waals surface area contributed by atoms with E-state index in [0.717, 1.165) is 12.1 Å².